The number of hydrogen-bond donors (Lipinski definition) is 2. The molecule has 1 heterocycles. The minimum Gasteiger partial charge on any atom is -0.496 e. The molecule has 0 radical (unpaired) electrons. The van der Waals surface area contributed by atoms with Gasteiger partial charge in [-0.15, -0.1) is 0 Å². The van der Waals surface area contributed by atoms with E-state index >= 15 is 0 Å². The van der Waals surface area contributed by atoms with Gasteiger partial charge in [0.2, 0.25) is 0 Å². The molecule has 1 aliphatic rings. The number of methoxy groups -OCH3 is 1. The molecule has 1 amide bonds. The molecule has 0 aliphatic carbocycles. The summed E-state index contributed by atoms with van der Waals surface area (Å²) in [5.41, 5.74) is -0.980. The van der Waals surface area contributed by atoms with Gasteiger partial charge in [-0.05, 0) is 24.3 Å². The second-order valence-corrected chi connectivity index (χ2v) is 4.55. The molecule has 2 aromatic rings. The molecule has 1 atom stereocenters. The number of hydrogen-bond acceptors (Lipinski definition) is 3. The van der Waals surface area contributed by atoms with E-state index in [0.29, 0.717) is 11.3 Å². The summed E-state index contributed by atoms with van der Waals surface area (Å²) in [6.07, 6.45) is 0. The second kappa shape index (κ2) is 4.31. The van der Waals surface area contributed by atoms with E-state index < -0.39 is 17.3 Å². The number of para-hydroxylation sites is 1. The summed E-state index contributed by atoms with van der Waals surface area (Å²) >= 11 is 0. The molecule has 0 aromatic heterocycles. The lowest BCUT2D eigenvalue weighted by molar-refractivity contribution is -0.129. The molecule has 3 rings (SSSR count). The van der Waals surface area contributed by atoms with Crippen molar-refractivity contribution in [3.05, 3.63) is 59.4 Å². The molecule has 2 aromatic carbocycles. The first-order valence-electron chi connectivity index (χ1n) is 6.04. The van der Waals surface area contributed by atoms with Gasteiger partial charge in [-0.3, -0.25) is 4.79 Å². The van der Waals surface area contributed by atoms with E-state index in [1.54, 1.807) is 24.3 Å². The van der Waals surface area contributed by atoms with Crippen LogP contribution in [0.4, 0.5) is 10.1 Å². The van der Waals surface area contributed by atoms with Crippen molar-refractivity contribution in [2.24, 2.45) is 0 Å². The summed E-state index contributed by atoms with van der Waals surface area (Å²) in [7, 11) is 1.40. The molecule has 102 valence electrons. The fourth-order valence-corrected chi connectivity index (χ4v) is 2.47. The number of rotatable bonds is 2. The van der Waals surface area contributed by atoms with Crippen molar-refractivity contribution < 1.29 is 19.0 Å². The first-order valence-corrected chi connectivity index (χ1v) is 6.04. The van der Waals surface area contributed by atoms with E-state index in [4.69, 9.17) is 4.74 Å². The lowest BCUT2D eigenvalue weighted by Crippen LogP contribution is -2.35. The Kier molecular flexibility index (Phi) is 2.72. The lowest BCUT2D eigenvalue weighted by Gasteiger charge is -2.23. The van der Waals surface area contributed by atoms with E-state index in [1.807, 2.05) is 0 Å². The molecule has 20 heavy (non-hydrogen) atoms. The van der Waals surface area contributed by atoms with Crippen LogP contribution in [-0.4, -0.2) is 18.1 Å². The largest absolute Gasteiger partial charge is 0.496 e. The number of ether oxygens (including phenoxy) is 1. The summed E-state index contributed by atoms with van der Waals surface area (Å²) in [6, 6.07) is 10.5. The topological polar surface area (TPSA) is 58.6 Å². The summed E-state index contributed by atoms with van der Waals surface area (Å²) < 4.78 is 18.6. The van der Waals surface area contributed by atoms with E-state index in [9.17, 15) is 14.3 Å². The van der Waals surface area contributed by atoms with Gasteiger partial charge in [0.05, 0.1) is 7.11 Å². The van der Waals surface area contributed by atoms with Crippen LogP contribution in [0, 0.1) is 5.82 Å². The Labute approximate surface area is 114 Å². The maximum atomic E-state index is 13.5. The molecule has 1 aliphatic heterocycles. The Bertz CT molecular complexity index is 701. The van der Waals surface area contributed by atoms with Crippen LogP contribution < -0.4 is 10.1 Å². The standard InChI is InChI=1S/C15H12FNO3/c1-20-13-7-6-9(16)8-11(13)15(19)10-4-2-3-5-12(10)17-14(15)18/h2-8,19H,1H3,(H,17,18). The van der Waals surface area contributed by atoms with Crippen molar-refractivity contribution >= 4 is 11.6 Å². The zero-order chi connectivity index (χ0) is 14.3. The van der Waals surface area contributed by atoms with Gasteiger partial charge in [0.15, 0.2) is 5.60 Å². The summed E-state index contributed by atoms with van der Waals surface area (Å²) in [5.74, 6) is -0.922. The van der Waals surface area contributed by atoms with Crippen LogP contribution in [0.1, 0.15) is 11.1 Å². The van der Waals surface area contributed by atoms with E-state index in [2.05, 4.69) is 5.32 Å². The minimum absolute atomic E-state index is 0.0856. The molecule has 2 N–H and O–H groups in total. The van der Waals surface area contributed by atoms with Gasteiger partial charge in [-0.1, -0.05) is 18.2 Å². The average molecular weight is 273 g/mol. The first-order chi connectivity index (χ1) is 9.57. The number of benzene rings is 2. The van der Waals surface area contributed by atoms with E-state index in [1.165, 1.54) is 19.2 Å². The molecule has 1 unspecified atom stereocenters. The number of carbonyl (C=O) groups excluding carboxylic acids is 1. The fraction of sp³-hybridized carbons (Fsp3) is 0.133. The molecule has 5 heteroatoms. The zero-order valence-electron chi connectivity index (χ0n) is 10.7. The van der Waals surface area contributed by atoms with Crippen molar-refractivity contribution in [1.82, 2.24) is 0 Å². The predicted octanol–water partition coefficient (Wildman–Crippen LogP) is 2.02. The van der Waals surface area contributed by atoms with Crippen molar-refractivity contribution in [3.8, 4) is 5.75 Å². The molecule has 4 nitrogen and oxygen atoms in total. The van der Waals surface area contributed by atoms with Gasteiger partial charge in [0, 0.05) is 16.8 Å². The van der Waals surface area contributed by atoms with Crippen LogP contribution in [0.3, 0.4) is 0 Å². The number of amides is 1. The average Bonchev–Trinajstić information content (AvgIpc) is 2.72. The van der Waals surface area contributed by atoms with Crippen LogP contribution >= 0.6 is 0 Å². The summed E-state index contributed by atoms with van der Waals surface area (Å²) in [5, 5.41) is 13.5. The van der Waals surface area contributed by atoms with Crippen molar-refractivity contribution in [2.75, 3.05) is 12.4 Å². The summed E-state index contributed by atoms with van der Waals surface area (Å²) in [6.45, 7) is 0. The SMILES string of the molecule is COc1ccc(F)cc1C1(O)C(=O)Nc2ccccc21. The number of aliphatic hydroxyl groups is 1. The van der Waals surface area contributed by atoms with Crippen LogP contribution in [0.5, 0.6) is 5.75 Å². The minimum atomic E-state index is -1.95. The molecule has 0 saturated heterocycles. The number of carbonyl (C=O) groups is 1. The Morgan fingerprint density at radius 2 is 1.95 bits per heavy atom. The monoisotopic (exact) mass is 273 g/mol. The molecule has 0 saturated carbocycles. The van der Waals surface area contributed by atoms with Crippen LogP contribution in [0.15, 0.2) is 42.5 Å². The summed E-state index contributed by atoms with van der Waals surface area (Å²) in [4.78, 5) is 12.2. The Balaban J connectivity index is 2.28. The lowest BCUT2D eigenvalue weighted by atomic mass is 9.87. The second-order valence-electron chi connectivity index (χ2n) is 4.55. The van der Waals surface area contributed by atoms with Gasteiger partial charge in [0.25, 0.3) is 5.91 Å². The third-order valence-corrected chi connectivity index (χ3v) is 3.44. The maximum Gasteiger partial charge on any atom is 0.266 e. The van der Waals surface area contributed by atoms with Gasteiger partial charge in [0.1, 0.15) is 11.6 Å². The normalized spacial score (nSPS) is 20.4. The Morgan fingerprint density at radius 1 is 1.20 bits per heavy atom. The number of fused-ring (bicyclic) bond motifs is 1. The number of anilines is 1. The predicted molar refractivity (Wildman–Crippen MR) is 71.0 cm³/mol. The Hall–Kier alpha value is -2.40. The smallest absolute Gasteiger partial charge is 0.266 e. The van der Waals surface area contributed by atoms with E-state index in [-0.39, 0.29) is 11.3 Å². The third kappa shape index (κ3) is 1.60. The zero-order valence-corrected chi connectivity index (χ0v) is 10.7. The van der Waals surface area contributed by atoms with E-state index in [0.717, 1.165) is 6.07 Å². The number of nitrogens with one attached hydrogen (secondary N) is 1. The maximum absolute atomic E-state index is 13.5. The highest BCUT2D eigenvalue weighted by Crippen LogP contribution is 2.43. The van der Waals surface area contributed by atoms with Crippen molar-refractivity contribution in [1.29, 1.82) is 0 Å². The molecule has 0 fully saturated rings. The fourth-order valence-electron chi connectivity index (χ4n) is 2.47. The van der Waals surface area contributed by atoms with Gasteiger partial charge in [-0.2, -0.15) is 0 Å². The first kappa shape index (κ1) is 12.6. The van der Waals surface area contributed by atoms with Crippen LogP contribution in [-0.2, 0) is 10.4 Å². The molecule has 0 bridgehead atoms. The van der Waals surface area contributed by atoms with Gasteiger partial charge in [-0.25, -0.2) is 4.39 Å². The highest BCUT2D eigenvalue weighted by Gasteiger charge is 2.48. The highest BCUT2D eigenvalue weighted by molar-refractivity contribution is 6.07. The van der Waals surface area contributed by atoms with Crippen LogP contribution in [0.25, 0.3) is 0 Å². The molecular formula is C15H12FNO3. The quantitative estimate of drug-likeness (QED) is 0.880. The molecular weight excluding hydrogens is 261 g/mol. The Morgan fingerprint density at radius 3 is 2.70 bits per heavy atom. The highest BCUT2D eigenvalue weighted by atomic mass is 19.1. The van der Waals surface area contributed by atoms with Crippen LogP contribution in [0.2, 0.25) is 0 Å². The van der Waals surface area contributed by atoms with Gasteiger partial charge >= 0.3 is 0 Å². The van der Waals surface area contributed by atoms with Crippen molar-refractivity contribution in [3.63, 3.8) is 0 Å². The third-order valence-electron chi connectivity index (χ3n) is 3.44. The van der Waals surface area contributed by atoms with Crippen molar-refractivity contribution in [2.45, 2.75) is 5.60 Å². The molecule has 0 spiro atoms. The van der Waals surface area contributed by atoms with Gasteiger partial charge < -0.3 is 15.2 Å². The number of halogens is 1.